The minimum absolute atomic E-state index is 0.613. The summed E-state index contributed by atoms with van der Waals surface area (Å²) in [5, 5.41) is 7.56. The molecule has 110 valence electrons. The van der Waals surface area contributed by atoms with Gasteiger partial charge in [0.2, 0.25) is 0 Å². The summed E-state index contributed by atoms with van der Waals surface area (Å²) in [6.45, 7) is 3.38. The maximum atomic E-state index is 4.27. The van der Waals surface area contributed by atoms with Crippen LogP contribution in [0.4, 0.5) is 5.69 Å². The maximum absolute atomic E-state index is 4.27. The largest absolute Gasteiger partial charge is 0.381 e. The SMILES string of the molecule is Cc1ccncc1NC1CCCCC1C1CCCCN1. The number of rotatable bonds is 3. The number of nitrogens with zero attached hydrogens (tertiary/aromatic N) is 1. The second-order valence-corrected chi connectivity index (χ2v) is 6.45. The lowest BCUT2D eigenvalue weighted by atomic mass is 9.77. The van der Waals surface area contributed by atoms with Gasteiger partial charge in [0, 0.05) is 18.3 Å². The van der Waals surface area contributed by atoms with Gasteiger partial charge in [0.05, 0.1) is 11.9 Å². The van der Waals surface area contributed by atoms with E-state index in [2.05, 4.69) is 28.6 Å². The Morgan fingerprint density at radius 2 is 2.00 bits per heavy atom. The van der Waals surface area contributed by atoms with Gasteiger partial charge < -0.3 is 10.6 Å². The fraction of sp³-hybridized carbons (Fsp3) is 0.706. The molecule has 3 rings (SSSR count). The zero-order valence-corrected chi connectivity index (χ0v) is 12.6. The second kappa shape index (κ2) is 6.57. The standard InChI is InChI=1S/C17H27N3/c1-13-9-11-18-12-17(13)20-16-8-3-2-6-14(16)15-7-4-5-10-19-15/h9,11-12,14-16,19-20H,2-8,10H2,1H3. The van der Waals surface area contributed by atoms with Crippen LogP contribution in [0.25, 0.3) is 0 Å². The molecule has 3 nitrogen and oxygen atoms in total. The smallest absolute Gasteiger partial charge is 0.0558 e. The molecule has 2 fully saturated rings. The quantitative estimate of drug-likeness (QED) is 0.885. The minimum atomic E-state index is 0.613. The van der Waals surface area contributed by atoms with Crippen molar-refractivity contribution in [3.63, 3.8) is 0 Å². The third-order valence-corrected chi connectivity index (χ3v) is 5.06. The van der Waals surface area contributed by atoms with Gasteiger partial charge >= 0.3 is 0 Å². The predicted molar refractivity (Wildman–Crippen MR) is 84.0 cm³/mol. The van der Waals surface area contributed by atoms with Crippen molar-refractivity contribution in [3.8, 4) is 0 Å². The number of hydrogen-bond donors (Lipinski definition) is 2. The van der Waals surface area contributed by atoms with Crippen LogP contribution in [0.2, 0.25) is 0 Å². The molecule has 20 heavy (non-hydrogen) atoms. The van der Waals surface area contributed by atoms with Gasteiger partial charge in [-0.15, -0.1) is 0 Å². The summed E-state index contributed by atoms with van der Waals surface area (Å²) >= 11 is 0. The summed E-state index contributed by atoms with van der Waals surface area (Å²) in [5.41, 5.74) is 2.53. The Morgan fingerprint density at radius 3 is 2.80 bits per heavy atom. The number of aromatic nitrogens is 1. The van der Waals surface area contributed by atoms with E-state index in [0.717, 1.165) is 12.0 Å². The van der Waals surface area contributed by atoms with Gasteiger partial charge in [-0.25, -0.2) is 0 Å². The van der Waals surface area contributed by atoms with E-state index in [-0.39, 0.29) is 0 Å². The van der Waals surface area contributed by atoms with Gasteiger partial charge in [0.1, 0.15) is 0 Å². The molecule has 2 heterocycles. The molecular formula is C17H27N3. The van der Waals surface area contributed by atoms with Crippen molar-refractivity contribution in [2.45, 2.75) is 64.0 Å². The highest BCUT2D eigenvalue weighted by molar-refractivity contribution is 5.49. The summed E-state index contributed by atoms with van der Waals surface area (Å²) in [5.74, 6) is 0.781. The molecule has 1 aromatic rings. The summed E-state index contributed by atoms with van der Waals surface area (Å²) < 4.78 is 0. The highest BCUT2D eigenvalue weighted by Gasteiger charge is 2.32. The summed E-state index contributed by atoms with van der Waals surface area (Å²) in [6.07, 6.45) is 13.4. The summed E-state index contributed by atoms with van der Waals surface area (Å²) in [4.78, 5) is 4.27. The normalized spacial score (nSPS) is 30.9. The first-order valence-electron chi connectivity index (χ1n) is 8.25. The number of aryl methyl sites for hydroxylation is 1. The molecule has 3 atom stereocenters. The molecule has 1 saturated carbocycles. The predicted octanol–water partition coefficient (Wildman–Crippen LogP) is 3.50. The van der Waals surface area contributed by atoms with E-state index in [9.17, 15) is 0 Å². The Balaban J connectivity index is 1.70. The molecule has 2 N–H and O–H groups in total. The molecule has 1 aliphatic carbocycles. The average molecular weight is 273 g/mol. The molecule has 3 heteroatoms. The van der Waals surface area contributed by atoms with Crippen molar-refractivity contribution in [3.05, 3.63) is 24.0 Å². The van der Waals surface area contributed by atoms with E-state index in [1.807, 2.05) is 12.4 Å². The highest BCUT2D eigenvalue weighted by Crippen LogP contribution is 2.32. The van der Waals surface area contributed by atoms with Crippen molar-refractivity contribution in [1.82, 2.24) is 10.3 Å². The van der Waals surface area contributed by atoms with Crippen molar-refractivity contribution in [2.24, 2.45) is 5.92 Å². The van der Waals surface area contributed by atoms with E-state index >= 15 is 0 Å². The Morgan fingerprint density at radius 1 is 1.15 bits per heavy atom. The molecule has 1 saturated heterocycles. The van der Waals surface area contributed by atoms with Gasteiger partial charge in [-0.05, 0) is 56.7 Å². The molecule has 0 bridgehead atoms. The fourth-order valence-corrected chi connectivity index (χ4v) is 3.88. The first-order chi connectivity index (χ1) is 9.84. The Labute approximate surface area is 122 Å². The molecule has 0 radical (unpaired) electrons. The van der Waals surface area contributed by atoms with Crippen LogP contribution in [0.1, 0.15) is 50.5 Å². The van der Waals surface area contributed by atoms with Gasteiger partial charge in [-0.2, -0.15) is 0 Å². The van der Waals surface area contributed by atoms with Crippen LogP contribution in [-0.2, 0) is 0 Å². The van der Waals surface area contributed by atoms with E-state index in [0.29, 0.717) is 6.04 Å². The van der Waals surface area contributed by atoms with Crippen LogP contribution in [0.3, 0.4) is 0 Å². The first-order valence-corrected chi connectivity index (χ1v) is 8.25. The number of pyridine rings is 1. The van der Waals surface area contributed by atoms with Crippen LogP contribution in [-0.4, -0.2) is 23.6 Å². The molecule has 2 aliphatic rings. The third kappa shape index (κ3) is 3.14. The Kier molecular flexibility index (Phi) is 4.56. The number of anilines is 1. The highest BCUT2D eigenvalue weighted by atomic mass is 15.0. The Bertz CT molecular complexity index is 426. The molecule has 1 aromatic heterocycles. The number of piperidine rings is 1. The lowest BCUT2D eigenvalue weighted by molar-refractivity contribution is 0.217. The molecule has 3 unspecified atom stereocenters. The number of hydrogen-bond acceptors (Lipinski definition) is 3. The van der Waals surface area contributed by atoms with E-state index < -0.39 is 0 Å². The van der Waals surface area contributed by atoms with Crippen LogP contribution in [0.5, 0.6) is 0 Å². The lowest BCUT2D eigenvalue weighted by Crippen LogP contribution is -2.48. The van der Waals surface area contributed by atoms with Crippen LogP contribution < -0.4 is 10.6 Å². The lowest BCUT2D eigenvalue weighted by Gasteiger charge is -2.40. The van der Waals surface area contributed by atoms with Crippen molar-refractivity contribution in [2.75, 3.05) is 11.9 Å². The van der Waals surface area contributed by atoms with E-state index in [1.54, 1.807) is 0 Å². The van der Waals surface area contributed by atoms with E-state index in [1.165, 1.54) is 62.7 Å². The molecular weight excluding hydrogens is 246 g/mol. The maximum Gasteiger partial charge on any atom is 0.0558 e. The van der Waals surface area contributed by atoms with Gasteiger partial charge in [-0.1, -0.05) is 19.3 Å². The summed E-state index contributed by atoms with van der Waals surface area (Å²) in [7, 11) is 0. The average Bonchev–Trinajstić information content (AvgIpc) is 2.51. The zero-order chi connectivity index (χ0) is 13.8. The zero-order valence-electron chi connectivity index (χ0n) is 12.6. The second-order valence-electron chi connectivity index (χ2n) is 6.45. The van der Waals surface area contributed by atoms with Crippen LogP contribution in [0, 0.1) is 12.8 Å². The van der Waals surface area contributed by atoms with Gasteiger partial charge in [-0.3, -0.25) is 4.98 Å². The van der Waals surface area contributed by atoms with E-state index in [4.69, 9.17) is 0 Å². The molecule has 1 aliphatic heterocycles. The van der Waals surface area contributed by atoms with Crippen molar-refractivity contribution < 1.29 is 0 Å². The summed E-state index contributed by atoms with van der Waals surface area (Å²) in [6, 6.07) is 3.43. The van der Waals surface area contributed by atoms with Gasteiger partial charge in [0.25, 0.3) is 0 Å². The molecule has 0 aromatic carbocycles. The van der Waals surface area contributed by atoms with Crippen LogP contribution >= 0.6 is 0 Å². The Hall–Kier alpha value is -1.09. The van der Waals surface area contributed by atoms with Crippen molar-refractivity contribution in [1.29, 1.82) is 0 Å². The monoisotopic (exact) mass is 273 g/mol. The van der Waals surface area contributed by atoms with Crippen molar-refractivity contribution >= 4 is 5.69 Å². The molecule has 0 spiro atoms. The first kappa shape index (κ1) is 13.9. The van der Waals surface area contributed by atoms with Crippen LogP contribution in [0.15, 0.2) is 18.5 Å². The topological polar surface area (TPSA) is 37.0 Å². The number of nitrogens with one attached hydrogen (secondary N) is 2. The minimum Gasteiger partial charge on any atom is -0.381 e. The fourth-order valence-electron chi connectivity index (χ4n) is 3.88. The third-order valence-electron chi connectivity index (χ3n) is 5.06. The molecule has 0 amide bonds. The van der Waals surface area contributed by atoms with Gasteiger partial charge in [0.15, 0.2) is 0 Å².